The Morgan fingerprint density at radius 1 is 1.00 bits per heavy atom. The number of hydrogen-bond donors (Lipinski definition) is 0. The maximum Gasteiger partial charge on any atom is 0 e. The summed E-state index contributed by atoms with van der Waals surface area (Å²) in [6.45, 7) is 0. The second-order valence-corrected chi connectivity index (χ2v) is 0. The number of rotatable bonds is 0. The van der Waals surface area contributed by atoms with Crippen molar-refractivity contribution in [2.45, 2.75) is 0 Å². The molecule has 2 N–H and O–H groups in total. The summed E-state index contributed by atoms with van der Waals surface area (Å²) in [5.41, 5.74) is 0. The largest absolute Gasteiger partial charge is 0.412 e. The van der Waals surface area contributed by atoms with Gasteiger partial charge in [-0.25, -0.2) is 0 Å². The van der Waals surface area contributed by atoms with E-state index in [0.717, 1.165) is 0 Å². The first-order chi connectivity index (χ1) is 0. The van der Waals surface area contributed by atoms with Crippen molar-refractivity contribution in [3.8, 4) is 0 Å². The summed E-state index contributed by atoms with van der Waals surface area (Å²) in [5, 5.41) is 0. The molecule has 0 aliphatic rings. The van der Waals surface area contributed by atoms with Gasteiger partial charge in [-0.3, -0.25) is 0 Å². The zero-order valence-electron chi connectivity index (χ0n) is 2.19. The molecule has 0 rings (SSSR count). The summed E-state index contributed by atoms with van der Waals surface area (Å²) in [6.07, 6.45) is 0. The van der Waals surface area contributed by atoms with E-state index in [1.165, 1.54) is 0 Å². The van der Waals surface area contributed by atoms with E-state index in [1.54, 1.807) is 0 Å². The molecule has 0 bridgehead atoms. The van der Waals surface area contributed by atoms with Gasteiger partial charge in [-0.05, 0) is 0 Å². The summed E-state index contributed by atoms with van der Waals surface area (Å²) in [5.74, 6) is 0. The number of halogens is 1. The first kappa shape index (κ1) is 36.8. The topological polar surface area (TPSA) is 31.5 Å². The van der Waals surface area contributed by atoms with Gasteiger partial charge in [0.15, 0.2) is 0 Å². The predicted octanol–water partition coefficient (Wildman–Crippen LogP) is -1.16. The smallest absolute Gasteiger partial charge is 0 e. The van der Waals surface area contributed by atoms with E-state index >= 15 is 0 Å². The van der Waals surface area contributed by atoms with Crippen molar-refractivity contribution in [3.63, 3.8) is 0 Å². The van der Waals surface area contributed by atoms with E-state index < -0.39 is 0 Å². The third-order valence-electron chi connectivity index (χ3n) is 0. The van der Waals surface area contributed by atoms with E-state index in [9.17, 15) is 0 Å². The van der Waals surface area contributed by atoms with Crippen molar-refractivity contribution in [1.82, 2.24) is 0 Å². The minimum atomic E-state index is 0. The summed E-state index contributed by atoms with van der Waals surface area (Å²) in [4.78, 5) is 0. The molecule has 0 saturated carbocycles. The van der Waals surface area contributed by atoms with Crippen molar-refractivity contribution < 1.29 is 5.48 Å². The molecule has 0 atom stereocenters. The van der Waals surface area contributed by atoms with Crippen molar-refractivity contribution >= 4 is 67.5 Å². The molecule has 0 fully saturated rings. The Kier molecular flexibility index (Phi) is 182. The van der Waals surface area contributed by atoms with Crippen molar-refractivity contribution in [2.75, 3.05) is 0 Å². The monoisotopic (exact) mass is 121 g/mol. The Morgan fingerprint density at radius 2 is 1.00 bits per heavy atom. The molecule has 1 nitrogen and oxygen atoms in total. The molecule has 0 aliphatic carbocycles. The molecule has 0 aromatic rings. The third-order valence-corrected chi connectivity index (χ3v) is 0. The van der Waals surface area contributed by atoms with E-state index in [4.69, 9.17) is 0 Å². The average molecular weight is 122 g/mol. The SMILES string of the molecule is Cl.O.[Al].[Ca]. The van der Waals surface area contributed by atoms with Crippen LogP contribution in [0.1, 0.15) is 0 Å². The van der Waals surface area contributed by atoms with Gasteiger partial charge in [0.25, 0.3) is 0 Å². The Hall–Kier alpha value is 2.04. The van der Waals surface area contributed by atoms with E-state index in [0.29, 0.717) is 0 Å². The maximum atomic E-state index is 0. The van der Waals surface area contributed by atoms with Gasteiger partial charge in [0, 0.05) is 55.1 Å². The van der Waals surface area contributed by atoms with Crippen LogP contribution in [0.3, 0.4) is 0 Å². The van der Waals surface area contributed by atoms with Gasteiger partial charge in [-0.15, -0.1) is 12.4 Å². The van der Waals surface area contributed by atoms with Gasteiger partial charge >= 0.3 is 0 Å². The molecular formula is H3AlCaClO. The van der Waals surface area contributed by atoms with E-state index in [-0.39, 0.29) is 73.0 Å². The fourth-order valence-electron chi connectivity index (χ4n) is 0. The molecule has 0 spiro atoms. The standard InChI is InChI=1S/Al.Ca.ClH.H2O/h;;1H;1H2. The fraction of sp³-hybridized carbons (Fsp3) is 0. The maximum absolute atomic E-state index is 0. The van der Waals surface area contributed by atoms with Crippen molar-refractivity contribution in [3.05, 3.63) is 0 Å². The predicted molar refractivity (Wildman–Crippen MR) is 22.4 cm³/mol. The van der Waals surface area contributed by atoms with Crippen LogP contribution in [0.4, 0.5) is 0 Å². The molecule has 4 heavy (non-hydrogen) atoms. The minimum absolute atomic E-state index is 0. The number of hydrogen-bond acceptors (Lipinski definition) is 0. The molecule has 0 saturated heterocycles. The van der Waals surface area contributed by atoms with Crippen LogP contribution in [0.5, 0.6) is 0 Å². The van der Waals surface area contributed by atoms with Crippen molar-refractivity contribution in [1.29, 1.82) is 0 Å². The molecule has 21 valence electrons. The molecule has 0 aliphatic heterocycles. The second-order valence-electron chi connectivity index (χ2n) is 0. The average Bonchev–Trinajstić information content (AvgIpc) is 0. The van der Waals surface area contributed by atoms with Crippen LogP contribution in [0.2, 0.25) is 0 Å². The van der Waals surface area contributed by atoms with E-state index in [1.807, 2.05) is 0 Å². The molecule has 0 unspecified atom stereocenters. The van der Waals surface area contributed by atoms with Crippen LogP contribution >= 0.6 is 12.4 Å². The molecule has 0 aromatic carbocycles. The molecule has 5 radical (unpaired) electrons. The van der Waals surface area contributed by atoms with Gasteiger partial charge in [0.2, 0.25) is 0 Å². The van der Waals surface area contributed by atoms with Crippen LogP contribution in [0.15, 0.2) is 0 Å². The van der Waals surface area contributed by atoms with E-state index in [2.05, 4.69) is 0 Å². The third kappa shape index (κ3) is 8.97. The Morgan fingerprint density at radius 3 is 1.00 bits per heavy atom. The first-order valence-electron chi connectivity index (χ1n) is 0. The second kappa shape index (κ2) is 19.8. The molecular weight excluding hydrogens is 119 g/mol. The molecule has 0 aromatic heterocycles. The zero-order chi connectivity index (χ0) is 0. The van der Waals surface area contributed by atoms with Gasteiger partial charge in [-0.1, -0.05) is 0 Å². The first-order valence-corrected chi connectivity index (χ1v) is 0. The van der Waals surface area contributed by atoms with Gasteiger partial charge in [0.05, 0.1) is 0 Å². The molecule has 4 heteroatoms. The minimum Gasteiger partial charge on any atom is -0.412 e. The molecule has 0 amide bonds. The summed E-state index contributed by atoms with van der Waals surface area (Å²) in [7, 11) is 0. The quantitative estimate of drug-likeness (QED) is 0.362. The van der Waals surface area contributed by atoms with Crippen LogP contribution in [-0.4, -0.2) is 60.6 Å². The van der Waals surface area contributed by atoms with Crippen molar-refractivity contribution in [2.24, 2.45) is 0 Å². The normalized spacial score (nSPS) is 0. The van der Waals surface area contributed by atoms with Crippen LogP contribution in [-0.2, 0) is 0 Å². The fourth-order valence-corrected chi connectivity index (χ4v) is 0. The Labute approximate surface area is 72.0 Å². The Balaban J connectivity index is 0. The van der Waals surface area contributed by atoms with Crippen LogP contribution in [0, 0.1) is 0 Å². The van der Waals surface area contributed by atoms with Gasteiger partial charge in [0.1, 0.15) is 0 Å². The van der Waals surface area contributed by atoms with Crippen LogP contribution in [0.25, 0.3) is 0 Å². The summed E-state index contributed by atoms with van der Waals surface area (Å²) in [6, 6.07) is 0. The van der Waals surface area contributed by atoms with Crippen LogP contribution < -0.4 is 0 Å². The van der Waals surface area contributed by atoms with Gasteiger partial charge in [-0.2, -0.15) is 0 Å². The zero-order valence-corrected chi connectivity index (χ0v) is 6.37. The molecule has 0 heterocycles. The van der Waals surface area contributed by atoms with Gasteiger partial charge < -0.3 is 5.48 Å². The summed E-state index contributed by atoms with van der Waals surface area (Å²) < 4.78 is 0. The Bertz CT molecular complexity index is 8.00. The summed E-state index contributed by atoms with van der Waals surface area (Å²) >= 11 is 0.